The Balaban J connectivity index is 2.37. The molecule has 2 nitrogen and oxygen atoms in total. The van der Waals surface area contributed by atoms with E-state index in [1.165, 1.54) is 25.7 Å². The maximum absolute atomic E-state index is 5.70. The summed E-state index contributed by atoms with van der Waals surface area (Å²) in [7, 11) is 0. The van der Waals surface area contributed by atoms with Gasteiger partial charge in [-0.2, -0.15) is 0 Å². The topological polar surface area (TPSA) is 22.1 Å². The van der Waals surface area contributed by atoms with Gasteiger partial charge in [0, 0.05) is 6.07 Å². The summed E-state index contributed by atoms with van der Waals surface area (Å²) in [5, 5.41) is 0. The summed E-state index contributed by atoms with van der Waals surface area (Å²) in [5.74, 6) is 1.37. The first kappa shape index (κ1) is 13.5. The summed E-state index contributed by atoms with van der Waals surface area (Å²) in [6.45, 7) is 5.22. The van der Waals surface area contributed by atoms with E-state index in [4.69, 9.17) is 4.74 Å². The molecule has 0 aliphatic carbocycles. The molecule has 0 amide bonds. The highest BCUT2D eigenvalue weighted by Crippen LogP contribution is 2.16. The molecule has 16 heavy (non-hydrogen) atoms. The predicted octanol–water partition coefficient (Wildman–Crippen LogP) is 4.44. The molecule has 1 unspecified atom stereocenters. The quantitative estimate of drug-likeness (QED) is 0.691. The minimum Gasteiger partial charge on any atom is -0.477 e. The van der Waals surface area contributed by atoms with E-state index in [1.807, 2.05) is 18.2 Å². The molecule has 0 saturated carbocycles. The van der Waals surface area contributed by atoms with Crippen molar-refractivity contribution in [2.45, 2.75) is 39.5 Å². The molecule has 0 aromatic carbocycles. The first-order valence-electron chi connectivity index (χ1n) is 6.01. The Morgan fingerprint density at radius 1 is 1.38 bits per heavy atom. The SMILES string of the molecule is CCCCC(CC)COc1cccc(Br)n1. The van der Waals surface area contributed by atoms with Crippen LogP contribution in [-0.4, -0.2) is 11.6 Å². The highest BCUT2D eigenvalue weighted by molar-refractivity contribution is 9.10. The molecule has 1 aromatic heterocycles. The fourth-order valence-electron chi connectivity index (χ4n) is 1.57. The number of aromatic nitrogens is 1. The van der Waals surface area contributed by atoms with Crippen molar-refractivity contribution in [3.8, 4) is 5.88 Å². The average molecular weight is 286 g/mol. The zero-order chi connectivity index (χ0) is 11.8. The molecule has 0 spiro atoms. The van der Waals surface area contributed by atoms with Gasteiger partial charge in [0.25, 0.3) is 0 Å². The number of pyridine rings is 1. The Kier molecular flexibility index (Phi) is 6.46. The second kappa shape index (κ2) is 7.66. The van der Waals surface area contributed by atoms with E-state index >= 15 is 0 Å². The Bertz CT molecular complexity index is 304. The minimum atomic E-state index is 0.653. The van der Waals surface area contributed by atoms with Crippen LogP contribution in [0.2, 0.25) is 0 Å². The summed E-state index contributed by atoms with van der Waals surface area (Å²) >= 11 is 3.34. The molecule has 0 bridgehead atoms. The van der Waals surface area contributed by atoms with Crippen LogP contribution in [0.5, 0.6) is 5.88 Å². The Labute approximate surface area is 107 Å². The van der Waals surface area contributed by atoms with Crippen LogP contribution in [0.1, 0.15) is 39.5 Å². The van der Waals surface area contributed by atoms with Gasteiger partial charge in [-0.1, -0.05) is 39.2 Å². The first-order valence-corrected chi connectivity index (χ1v) is 6.80. The number of rotatable bonds is 7. The molecule has 3 heteroatoms. The molecule has 1 atom stereocenters. The average Bonchev–Trinajstić information content (AvgIpc) is 2.29. The zero-order valence-corrected chi connectivity index (χ0v) is 11.7. The van der Waals surface area contributed by atoms with Gasteiger partial charge in [0.15, 0.2) is 0 Å². The lowest BCUT2D eigenvalue weighted by atomic mass is 10.0. The Morgan fingerprint density at radius 3 is 2.81 bits per heavy atom. The fourth-order valence-corrected chi connectivity index (χ4v) is 1.90. The minimum absolute atomic E-state index is 0.653. The van der Waals surface area contributed by atoms with E-state index in [2.05, 4.69) is 34.8 Å². The summed E-state index contributed by atoms with van der Waals surface area (Å²) in [5.41, 5.74) is 0. The van der Waals surface area contributed by atoms with Crippen molar-refractivity contribution in [1.29, 1.82) is 0 Å². The molecule has 1 aromatic rings. The lowest BCUT2D eigenvalue weighted by Crippen LogP contribution is -2.11. The fraction of sp³-hybridized carbons (Fsp3) is 0.615. The molecular formula is C13H20BrNO. The van der Waals surface area contributed by atoms with Gasteiger partial charge < -0.3 is 4.74 Å². The molecule has 1 heterocycles. The lowest BCUT2D eigenvalue weighted by molar-refractivity contribution is 0.225. The van der Waals surface area contributed by atoms with Crippen molar-refractivity contribution >= 4 is 15.9 Å². The third-order valence-electron chi connectivity index (χ3n) is 2.70. The number of ether oxygens (including phenoxy) is 1. The third-order valence-corrected chi connectivity index (χ3v) is 3.14. The first-order chi connectivity index (χ1) is 7.76. The van der Waals surface area contributed by atoms with E-state index in [9.17, 15) is 0 Å². The van der Waals surface area contributed by atoms with Crippen LogP contribution in [0.25, 0.3) is 0 Å². The van der Waals surface area contributed by atoms with Gasteiger partial charge in [-0.15, -0.1) is 0 Å². The van der Waals surface area contributed by atoms with Crippen LogP contribution in [0.3, 0.4) is 0 Å². The van der Waals surface area contributed by atoms with E-state index in [-0.39, 0.29) is 0 Å². The standard InChI is InChI=1S/C13H20BrNO/c1-3-5-7-11(4-2)10-16-13-9-6-8-12(14)15-13/h6,8-9,11H,3-5,7,10H2,1-2H3. The van der Waals surface area contributed by atoms with Crippen LogP contribution in [0, 0.1) is 5.92 Å². The van der Waals surface area contributed by atoms with E-state index in [1.54, 1.807) is 0 Å². The van der Waals surface area contributed by atoms with Crippen molar-refractivity contribution in [2.75, 3.05) is 6.61 Å². The molecule has 0 fully saturated rings. The molecule has 0 saturated heterocycles. The van der Waals surface area contributed by atoms with Gasteiger partial charge >= 0.3 is 0 Å². The zero-order valence-electron chi connectivity index (χ0n) is 10.1. The molecule has 0 N–H and O–H groups in total. The second-order valence-electron chi connectivity index (χ2n) is 4.03. The normalized spacial score (nSPS) is 12.4. The molecular weight excluding hydrogens is 266 g/mol. The van der Waals surface area contributed by atoms with Crippen LogP contribution in [-0.2, 0) is 0 Å². The number of unbranched alkanes of at least 4 members (excludes halogenated alkanes) is 1. The smallest absolute Gasteiger partial charge is 0.214 e. The van der Waals surface area contributed by atoms with Crippen molar-refractivity contribution < 1.29 is 4.74 Å². The maximum atomic E-state index is 5.70. The highest BCUT2D eigenvalue weighted by atomic mass is 79.9. The van der Waals surface area contributed by atoms with Crippen molar-refractivity contribution in [1.82, 2.24) is 4.98 Å². The van der Waals surface area contributed by atoms with E-state index < -0.39 is 0 Å². The third kappa shape index (κ3) is 4.97. The molecule has 0 radical (unpaired) electrons. The van der Waals surface area contributed by atoms with Crippen molar-refractivity contribution in [3.05, 3.63) is 22.8 Å². The summed E-state index contributed by atoms with van der Waals surface area (Å²) in [6.07, 6.45) is 4.97. The molecule has 0 aliphatic rings. The van der Waals surface area contributed by atoms with Gasteiger partial charge in [-0.3, -0.25) is 0 Å². The summed E-state index contributed by atoms with van der Waals surface area (Å²) in [6, 6.07) is 5.75. The maximum Gasteiger partial charge on any atom is 0.214 e. The Hall–Kier alpha value is -0.570. The monoisotopic (exact) mass is 285 g/mol. The highest BCUT2D eigenvalue weighted by Gasteiger charge is 2.07. The number of hydrogen-bond acceptors (Lipinski definition) is 2. The Morgan fingerprint density at radius 2 is 2.19 bits per heavy atom. The predicted molar refractivity (Wildman–Crippen MR) is 70.7 cm³/mol. The van der Waals surface area contributed by atoms with E-state index in [0.29, 0.717) is 11.8 Å². The largest absolute Gasteiger partial charge is 0.477 e. The number of nitrogens with zero attached hydrogens (tertiary/aromatic N) is 1. The molecule has 90 valence electrons. The van der Waals surface area contributed by atoms with Crippen LogP contribution in [0.4, 0.5) is 0 Å². The van der Waals surface area contributed by atoms with Crippen LogP contribution in [0.15, 0.2) is 22.8 Å². The number of halogens is 1. The van der Waals surface area contributed by atoms with Crippen LogP contribution < -0.4 is 4.74 Å². The molecule has 1 rings (SSSR count). The van der Waals surface area contributed by atoms with Gasteiger partial charge in [-0.05, 0) is 34.3 Å². The van der Waals surface area contributed by atoms with E-state index in [0.717, 1.165) is 11.2 Å². The summed E-state index contributed by atoms with van der Waals surface area (Å²) in [4.78, 5) is 4.25. The van der Waals surface area contributed by atoms with Crippen molar-refractivity contribution in [2.24, 2.45) is 5.92 Å². The lowest BCUT2D eigenvalue weighted by Gasteiger charge is -2.14. The van der Waals surface area contributed by atoms with Crippen LogP contribution >= 0.6 is 15.9 Å². The molecule has 0 aliphatic heterocycles. The van der Waals surface area contributed by atoms with Gasteiger partial charge in [-0.25, -0.2) is 4.98 Å². The van der Waals surface area contributed by atoms with Gasteiger partial charge in [0.05, 0.1) is 6.61 Å². The van der Waals surface area contributed by atoms with Gasteiger partial charge in [0.2, 0.25) is 5.88 Å². The van der Waals surface area contributed by atoms with Crippen molar-refractivity contribution in [3.63, 3.8) is 0 Å². The second-order valence-corrected chi connectivity index (χ2v) is 4.84. The summed E-state index contributed by atoms with van der Waals surface area (Å²) < 4.78 is 6.52. The van der Waals surface area contributed by atoms with Gasteiger partial charge in [0.1, 0.15) is 4.60 Å². The number of hydrogen-bond donors (Lipinski definition) is 0.